The molecule has 0 aromatic heterocycles. The van der Waals surface area contributed by atoms with Gasteiger partial charge in [0.1, 0.15) is 6.29 Å². The summed E-state index contributed by atoms with van der Waals surface area (Å²) in [6.07, 6.45) is 1.32. The van der Waals surface area contributed by atoms with Crippen molar-refractivity contribution in [3.05, 3.63) is 0 Å². The van der Waals surface area contributed by atoms with Crippen LogP contribution in [0, 0.1) is 11.3 Å². The Hall–Kier alpha value is -0.880. The first-order valence-corrected chi connectivity index (χ1v) is 3.23. The molecule has 0 saturated heterocycles. The van der Waals surface area contributed by atoms with E-state index in [-0.39, 0.29) is 6.04 Å². The van der Waals surface area contributed by atoms with E-state index in [0.29, 0.717) is 13.0 Å². The van der Waals surface area contributed by atoms with Crippen LogP contribution in [0.1, 0.15) is 13.3 Å². The molecule has 1 atom stereocenters. The van der Waals surface area contributed by atoms with Crippen molar-refractivity contribution in [3.63, 3.8) is 0 Å². The maximum absolute atomic E-state index is 10.00. The number of hydrogen-bond acceptors (Lipinski definition) is 3. The van der Waals surface area contributed by atoms with Gasteiger partial charge in [0.2, 0.25) is 0 Å². The number of carbonyl (C=O) groups excluding carboxylic acids is 1. The molecule has 56 valence electrons. The van der Waals surface area contributed by atoms with Crippen LogP contribution in [0.4, 0.5) is 0 Å². The SMILES string of the molecule is CC(CC#N)N(C)CC=O. The zero-order valence-electron chi connectivity index (χ0n) is 6.37. The Kier molecular flexibility index (Phi) is 4.51. The van der Waals surface area contributed by atoms with Crippen molar-refractivity contribution < 1.29 is 4.79 Å². The Morgan fingerprint density at radius 1 is 1.80 bits per heavy atom. The van der Waals surface area contributed by atoms with E-state index in [9.17, 15) is 4.79 Å². The summed E-state index contributed by atoms with van der Waals surface area (Å²) in [6, 6.07) is 2.23. The number of hydrogen-bond donors (Lipinski definition) is 0. The first-order valence-electron chi connectivity index (χ1n) is 3.23. The first-order chi connectivity index (χ1) is 4.72. The summed E-state index contributed by atoms with van der Waals surface area (Å²) < 4.78 is 0. The lowest BCUT2D eigenvalue weighted by Gasteiger charge is -2.18. The minimum absolute atomic E-state index is 0.176. The molecule has 0 bridgehead atoms. The van der Waals surface area contributed by atoms with Crippen LogP contribution in [0.15, 0.2) is 0 Å². The molecule has 0 aromatic carbocycles. The summed E-state index contributed by atoms with van der Waals surface area (Å²) in [6.45, 7) is 2.33. The van der Waals surface area contributed by atoms with Crippen LogP contribution in [0.2, 0.25) is 0 Å². The molecule has 1 unspecified atom stereocenters. The minimum atomic E-state index is 0.176. The maximum atomic E-state index is 10.00. The number of rotatable bonds is 4. The summed E-state index contributed by atoms with van der Waals surface area (Å²) in [4.78, 5) is 11.8. The van der Waals surface area contributed by atoms with Gasteiger partial charge in [-0.1, -0.05) is 0 Å². The van der Waals surface area contributed by atoms with Crippen molar-refractivity contribution in [2.75, 3.05) is 13.6 Å². The second-order valence-corrected chi connectivity index (χ2v) is 2.32. The molecule has 0 aliphatic heterocycles. The zero-order chi connectivity index (χ0) is 7.98. The molecule has 0 amide bonds. The summed E-state index contributed by atoms with van der Waals surface area (Å²) >= 11 is 0. The fourth-order valence-electron chi connectivity index (χ4n) is 0.585. The van der Waals surface area contributed by atoms with Gasteiger partial charge in [0.05, 0.1) is 19.0 Å². The first kappa shape index (κ1) is 9.12. The Bertz CT molecular complexity index is 139. The standard InChI is InChI=1S/C7H12N2O/c1-7(3-4-8)9(2)5-6-10/h6-7H,3,5H2,1-2H3. The van der Waals surface area contributed by atoms with Gasteiger partial charge in [-0.3, -0.25) is 4.90 Å². The van der Waals surface area contributed by atoms with Crippen LogP contribution in [0.5, 0.6) is 0 Å². The lowest BCUT2D eigenvalue weighted by Crippen LogP contribution is -2.30. The quantitative estimate of drug-likeness (QED) is 0.531. The number of carbonyl (C=O) groups is 1. The fraction of sp³-hybridized carbons (Fsp3) is 0.714. The number of aldehydes is 1. The van der Waals surface area contributed by atoms with E-state index in [1.54, 1.807) is 0 Å². The molecule has 0 aromatic rings. The van der Waals surface area contributed by atoms with E-state index in [1.807, 2.05) is 24.9 Å². The molecule has 0 N–H and O–H groups in total. The van der Waals surface area contributed by atoms with Gasteiger partial charge in [0.25, 0.3) is 0 Å². The largest absolute Gasteiger partial charge is 0.302 e. The van der Waals surface area contributed by atoms with Gasteiger partial charge in [0, 0.05) is 6.04 Å². The normalized spacial score (nSPS) is 12.6. The van der Waals surface area contributed by atoms with Gasteiger partial charge < -0.3 is 4.79 Å². The van der Waals surface area contributed by atoms with Crippen molar-refractivity contribution >= 4 is 6.29 Å². The highest BCUT2D eigenvalue weighted by Gasteiger charge is 2.06. The minimum Gasteiger partial charge on any atom is -0.302 e. The summed E-state index contributed by atoms with van der Waals surface area (Å²) in [5, 5.41) is 8.29. The fourth-order valence-corrected chi connectivity index (χ4v) is 0.585. The van der Waals surface area contributed by atoms with E-state index in [1.165, 1.54) is 0 Å². The highest BCUT2D eigenvalue weighted by atomic mass is 16.1. The monoisotopic (exact) mass is 140 g/mol. The lowest BCUT2D eigenvalue weighted by molar-refractivity contribution is -0.108. The predicted molar refractivity (Wildman–Crippen MR) is 38.4 cm³/mol. The van der Waals surface area contributed by atoms with Crippen LogP contribution in [-0.2, 0) is 4.79 Å². The van der Waals surface area contributed by atoms with E-state index < -0.39 is 0 Å². The molecular weight excluding hydrogens is 128 g/mol. The third-order valence-electron chi connectivity index (χ3n) is 1.50. The van der Waals surface area contributed by atoms with E-state index in [4.69, 9.17) is 5.26 Å². The molecular formula is C7H12N2O. The topological polar surface area (TPSA) is 44.1 Å². The smallest absolute Gasteiger partial charge is 0.133 e. The van der Waals surface area contributed by atoms with Crippen LogP contribution in [0.3, 0.4) is 0 Å². The average Bonchev–Trinajstić information content (AvgIpc) is 1.89. The Morgan fingerprint density at radius 3 is 2.80 bits per heavy atom. The third-order valence-corrected chi connectivity index (χ3v) is 1.50. The van der Waals surface area contributed by atoms with E-state index >= 15 is 0 Å². The summed E-state index contributed by atoms with van der Waals surface area (Å²) in [5.74, 6) is 0. The van der Waals surface area contributed by atoms with Gasteiger partial charge in [-0.2, -0.15) is 5.26 Å². The molecule has 0 rings (SSSR count). The van der Waals surface area contributed by atoms with Crippen molar-refractivity contribution in [1.29, 1.82) is 5.26 Å². The average molecular weight is 140 g/mol. The molecule has 0 aliphatic rings. The van der Waals surface area contributed by atoms with Gasteiger partial charge >= 0.3 is 0 Å². The van der Waals surface area contributed by atoms with Crippen LogP contribution in [0.25, 0.3) is 0 Å². The Morgan fingerprint density at radius 2 is 2.40 bits per heavy atom. The van der Waals surface area contributed by atoms with Gasteiger partial charge in [0.15, 0.2) is 0 Å². The van der Waals surface area contributed by atoms with Crippen LogP contribution >= 0.6 is 0 Å². The highest BCUT2D eigenvalue weighted by Crippen LogP contribution is 1.97. The van der Waals surface area contributed by atoms with Gasteiger partial charge in [-0.05, 0) is 14.0 Å². The van der Waals surface area contributed by atoms with E-state index in [0.717, 1.165) is 6.29 Å². The molecule has 0 fully saturated rings. The second-order valence-electron chi connectivity index (χ2n) is 2.32. The molecule has 10 heavy (non-hydrogen) atoms. The van der Waals surface area contributed by atoms with E-state index in [2.05, 4.69) is 0 Å². The maximum Gasteiger partial charge on any atom is 0.133 e. The molecule has 3 nitrogen and oxygen atoms in total. The van der Waals surface area contributed by atoms with Crippen molar-refractivity contribution in [2.45, 2.75) is 19.4 Å². The molecule has 0 aliphatic carbocycles. The Labute approximate surface area is 61.2 Å². The molecule has 0 saturated carbocycles. The summed E-state index contributed by atoms with van der Waals surface area (Å²) in [5.41, 5.74) is 0. The molecule has 0 spiro atoms. The number of nitrogens with zero attached hydrogens (tertiary/aromatic N) is 2. The van der Waals surface area contributed by atoms with Gasteiger partial charge in [-0.25, -0.2) is 0 Å². The van der Waals surface area contributed by atoms with Gasteiger partial charge in [-0.15, -0.1) is 0 Å². The van der Waals surface area contributed by atoms with Crippen LogP contribution < -0.4 is 0 Å². The number of likely N-dealkylation sites (N-methyl/N-ethyl adjacent to an activating group) is 1. The summed E-state index contributed by atoms with van der Waals surface area (Å²) in [7, 11) is 1.83. The van der Waals surface area contributed by atoms with Crippen molar-refractivity contribution in [1.82, 2.24) is 4.90 Å². The predicted octanol–water partition coefficient (Wildman–Crippen LogP) is 0.419. The Balaban J connectivity index is 3.60. The van der Waals surface area contributed by atoms with Crippen LogP contribution in [-0.4, -0.2) is 30.8 Å². The highest BCUT2D eigenvalue weighted by molar-refractivity contribution is 5.51. The van der Waals surface area contributed by atoms with Crippen molar-refractivity contribution in [2.24, 2.45) is 0 Å². The van der Waals surface area contributed by atoms with Crippen molar-refractivity contribution in [3.8, 4) is 6.07 Å². The number of nitriles is 1. The second kappa shape index (κ2) is 4.95. The lowest BCUT2D eigenvalue weighted by atomic mass is 10.2. The molecule has 3 heteroatoms. The third kappa shape index (κ3) is 3.21. The molecule has 0 radical (unpaired) electrons. The molecule has 0 heterocycles. The zero-order valence-corrected chi connectivity index (χ0v) is 6.37.